The van der Waals surface area contributed by atoms with Gasteiger partial charge in [-0.25, -0.2) is 0 Å². The minimum absolute atomic E-state index is 0.138. The zero-order valence-corrected chi connectivity index (χ0v) is 6.81. The molecule has 1 saturated heterocycles. The Hall–Kier alpha value is -1.16. The highest BCUT2D eigenvalue weighted by Gasteiger charge is 2.60. The molecule has 1 heterocycles. The Morgan fingerprint density at radius 2 is 1.54 bits per heavy atom. The number of rotatable bonds is 0. The Balaban J connectivity index is 2.09. The van der Waals surface area contributed by atoms with Crippen LogP contribution in [0.25, 0.3) is 0 Å². The first kappa shape index (κ1) is 7.26. The average molecular weight is 179 g/mol. The lowest BCUT2D eigenvalue weighted by atomic mass is 9.85. The van der Waals surface area contributed by atoms with Crippen LogP contribution >= 0.6 is 0 Å². The third kappa shape index (κ3) is 0.659. The Kier molecular flexibility index (Phi) is 1.12. The number of fused-ring (bicyclic) bond motifs is 5. The normalized spacial score (nSPS) is 51.3. The van der Waals surface area contributed by atoms with Gasteiger partial charge in [0.2, 0.25) is 11.8 Å². The zero-order valence-electron chi connectivity index (χ0n) is 6.81. The summed E-state index contributed by atoms with van der Waals surface area (Å²) >= 11 is 0. The van der Waals surface area contributed by atoms with Crippen LogP contribution in [0, 0.1) is 23.7 Å². The van der Waals surface area contributed by atoms with E-state index in [0.717, 1.165) is 0 Å². The van der Waals surface area contributed by atoms with E-state index >= 15 is 0 Å². The first-order valence-corrected chi connectivity index (χ1v) is 4.41. The summed E-state index contributed by atoms with van der Waals surface area (Å²) in [5, 5.41) is 12.0. The molecule has 3 aliphatic rings. The van der Waals surface area contributed by atoms with Gasteiger partial charge in [0.1, 0.15) is 0 Å². The maximum Gasteiger partial charge on any atom is 0.231 e. The third-order valence-corrected chi connectivity index (χ3v) is 3.41. The molecule has 0 aromatic heterocycles. The molecular weight excluding hydrogens is 170 g/mol. The first-order valence-electron chi connectivity index (χ1n) is 4.41. The minimum atomic E-state index is -0.523. The van der Waals surface area contributed by atoms with Gasteiger partial charge in [-0.15, -0.1) is 0 Å². The van der Waals surface area contributed by atoms with Crippen LogP contribution in [0.1, 0.15) is 0 Å². The van der Waals surface area contributed by atoms with E-state index in [1.807, 2.05) is 12.2 Å². The fourth-order valence-electron chi connectivity index (χ4n) is 2.85. The van der Waals surface area contributed by atoms with Gasteiger partial charge in [0, 0.05) is 11.8 Å². The van der Waals surface area contributed by atoms with E-state index in [-0.39, 0.29) is 35.5 Å². The van der Waals surface area contributed by atoms with Crippen molar-refractivity contribution in [3.8, 4) is 0 Å². The van der Waals surface area contributed by atoms with Crippen LogP contribution in [-0.2, 0) is 9.59 Å². The molecule has 4 heteroatoms. The molecule has 2 amide bonds. The monoisotopic (exact) mass is 179 g/mol. The summed E-state index contributed by atoms with van der Waals surface area (Å²) in [6.45, 7) is 0. The standard InChI is InChI=1S/C9H9NO3/c11-7-3-1-2-4(7)6-5(3)8(12)10-9(6)13/h1-7,11H,(H,10,12,13). The van der Waals surface area contributed by atoms with Gasteiger partial charge in [-0.05, 0) is 0 Å². The van der Waals surface area contributed by atoms with Gasteiger partial charge in [0.05, 0.1) is 17.9 Å². The third-order valence-electron chi connectivity index (χ3n) is 3.41. The largest absolute Gasteiger partial charge is 0.392 e. The molecule has 4 atom stereocenters. The first-order chi connectivity index (χ1) is 6.20. The molecule has 13 heavy (non-hydrogen) atoms. The molecule has 2 N–H and O–H groups in total. The number of aliphatic hydroxyl groups excluding tert-OH is 1. The van der Waals surface area contributed by atoms with E-state index in [1.54, 1.807) is 0 Å². The van der Waals surface area contributed by atoms with Gasteiger partial charge < -0.3 is 5.11 Å². The molecule has 2 aliphatic carbocycles. The second kappa shape index (κ2) is 2.01. The Morgan fingerprint density at radius 1 is 1.08 bits per heavy atom. The highest BCUT2D eigenvalue weighted by molar-refractivity contribution is 6.06. The summed E-state index contributed by atoms with van der Waals surface area (Å²) in [6.07, 6.45) is 3.19. The molecule has 0 aromatic carbocycles. The number of nitrogens with one attached hydrogen (secondary N) is 1. The smallest absolute Gasteiger partial charge is 0.231 e. The van der Waals surface area contributed by atoms with Gasteiger partial charge in [-0.3, -0.25) is 14.9 Å². The molecule has 0 spiro atoms. The van der Waals surface area contributed by atoms with Crippen molar-refractivity contribution in [3.05, 3.63) is 12.2 Å². The number of amides is 2. The van der Waals surface area contributed by atoms with E-state index < -0.39 is 6.10 Å². The summed E-state index contributed by atoms with van der Waals surface area (Å²) in [5.41, 5.74) is 0. The van der Waals surface area contributed by atoms with E-state index in [2.05, 4.69) is 5.32 Å². The molecule has 4 unspecified atom stereocenters. The number of hydrogen-bond acceptors (Lipinski definition) is 3. The molecule has 1 saturated carbocycles. The van der Waals surface area contributed by atoms with Crippen molar-refractivity contribution >= 4 is 11.8 Å². The van der Waals surface area contributed by atoms with Crippen LogP contribution in [0.4, 0.5) is 0 Å². The van der Waals surface area contributed by atoms with Gasteiger partial charge >= 0.3 is 0 Å². The SMILES string of the molecule is O=C1NC(=O)C2C3C=CC(C3O)C12. The fraction of sp³-hybridized carbons (Fsp3) is 0.556. The maximum atomic E-state index is 11.3. The van der Waals surface area contributed by atoms with Crippen LogP contribution in [-0.4, -0.2) is 23.0 Å². The molecule has 68 valence electrons. The minimum Gasteiger partial charge on any atom is -0.392 e. The van der Waals surface area contributed by atoms with E-state index in [4.69, 9.17) is 0 Å². The number of aliphatic hydroxyl groups is 1. The van der Waals surface area contributed by atoms with Crippen LogP contribution in [0.15, 0.2) is 12.2 Å². The van der Waals surface area contributed by atoms with Gasteiger partial charge in [-0.1, -0.05) is 12.2 Å². The summed E-state index contributed by atoms with van der Waals surface area (Å²) in [5.74, 6) is -1.32. The molecule has 4 nitrogen and oxygen atoms in total. The van der Waals surface area contributed by atoms with Crippen molar-refractivity contribution in [1.29, 1.82) is 0 Å². The van der Waals surface area contributed by atoms with Gasteiger partial charge in [0.15, 0.2) is 0 Å². The van der Waals surface area contributed by atoms with E-state index in [1.165, 1.54) is 0 Å². The zero-order chi connectivity index (χ0) is 9.16. The second-order valence-electron chi connectivity index (χ2n) is 3.94. The lowest BCUT2D eigenvalue weighted by molar-refractivity contribution is -0.127. The molecule has 1 aliphatic heterocycles. The lowest BCUT2D eigenvalue weighted by Gasteiger charge is -2.13. The van der Waals surface area contributed by atoms with E-state index in [9.17, 15) is 14.7 Å². The maximum absolute atomic E-state index is 11.3. The van der Waals surface area contributed by atoms with Crippen molar-refractivity contribution in [1.82, 2.24) is 5.32 Å². The highest BCUT2D eigenvalue weighted by atomic mass is 16.3. The summed E-state index contributed by atoms with van der Waals surface area (Å²) in [4.78, 5) is 22.6. The number of carbonyl (C=O) groups is 2. The summed E-state index contributed by atoms with van der Waals surface area (Å²) in [7, 11) is 0. The second-order valence-corrected chi connectivity index (χ2v) is 3.94. The van der Waals surface area contributed by atoms with Crippen molar-refractivity contribution in [2.45, 2.75) is 6.10 Å². The Morgan fingerprint density at radius 3 is 2.00 bits per heavy atom. The molecule has 0 aromatic rings. The number of carbonyl (C=O) groups excluding carboxylic acids is 2. The topological polar surface area (TPSA) is 66.4 Å². The van der Waals surface area contributed by atoms with Gasteiger partial charge in [-0.2, -0.15) is 0 Å². The summed E-state index contributed by atoms with van der Waals surface area (Å²) < 4.78 is 0. The van der Waals surface area contributed by atoms with Crippen molar-refractivity contribution in [2.75, 3.05) is 0 Å². The summed E-state index contributed by atoms with van der Waals surface area (Å²) in [6, 6.07) is 0. The Labute approximate surface area is 74.6 Å². The van der Waals surface area contributed by atoms with Crippen molar-refractivity contribution in [2.24, 2.45) is 23.7 Å². The van der Waals surface area contributed by atoms with Crippen LogP contribution < -0.4 is 5.32 Å². The van der Waals surface area contributed by atoms with E-state index in [0.29, 0.717) is 0 Å². The van der Waals surface area contributed by atoms with Crippen LogP contribution in [0.5, 0.6) is 0 Å². The van der Waals surface area contributed by atoms with Crippen LogP contribution in [0.3, 0.4) is 0 Å². The van der Waals surface area contributed by atoms with Crippen molar-refractivity contribution < 1.29 is 14.7 Å². The fourth-order valence-corrected chi connectivity index (χ4v) is 2.85. The molecule has 2 fully saturated rings. The molecule has 0 radical (unpaired) electrons. The lowest BCUT2D eigenvalue weighted by Crippen LogP contribution is -2.29. The quantitative estimate of drug-likeness (QED) is 0.372. The molecule has 2 bridgehead atoms. The number of hydrogen-bond donors (Lipinski definition) is 2. The predicted octanol–water partition coefficient (Wildman–Crippen LogP) is -0.948. The number of imide groups is 1. The molecule has 3 rings (SSSR count). The molecular formula is C9H9NO3. The Bertz CT molecular complexity index is 306. The van der Waals surface area contributed by atoms with Gasteiger partial charge in [0.25, 0.3) is 0 Å². The van der Waals surface area contributed by atoms with Crippen molar-refractivity contribution in [3.63, 3.8) is 0 Å². The highest BCUT2D eigenvalue weighted by Crippen LogP contribution is 2.50. The van der Waals surface area contributed by atoms with Crippen LogP contribution in [0.2, 0.25) is 0 Å². The predicted molar refractivity (Wildman–Crippen MR) is 42.3 cm³/mol. The average Bonchev–Trinajstić information content (AvgIpc) is 2.67.